The van der Waals surface area contributed by atoms with Gasteiger partial charge in [-0.3, -0.25) is 28.8 Å². The zero-order valence-corrected chi connectivity index (χ0v) is 16.4. The summed E-state index contributed by atoms with van der Waals surface area (Å²) in [5, 5.41) is 33.5. The van der Waals surface area contributed by atoms with E-state index in [0.717, 1.165) is 6.92 Å². The molecule has 0 saturated heterocycles. The minimum atomic E-state index is -1.59. The summed E-state index contributed by atoms with van der Waals surface area (Å²) in [6.07, 6.45) is -1.46. The Labute approximate surface area is 167 Å². The van der Waals surface area contributed by atoms with Crippen molar-refractivity contribution in [3.05, 3.63) is 0 Å². The third-order valence-electron chi connectivity index (χ3n) is 4.14. The first-order chi connectivity index (χ1) is 13.4. The monoisotopic (exact) mass is 417 g/mol. The van der Waals surface area contributed by atoms with Gasteiger partial charge in [-0.05, 0) is 5.92 Å². The average Bonchev–Trinajstić information content (AvgIpc) is 2.57. The van der Waals surface area contributed by atoms with Gasteiger partial charge in [-0.1, -0.05) is 20.3 Å². The van der Waals surface area contributed by atoms with Crippen LogP contribution >= 0.6 is 0 Å². The molecule has 29 heavy (non-hydrogen) atoms. The van der Waals surface area contributed by atoms with Crippen LogP contribution < -0.4 is 16.0 Å². The number of amides is 3. The Morgan fingerprint density at radius 2 is 1.14 bits per heavy atom. The molecule has 0 bridgehead atoms. The second-order valence-corrected chi connectivity index (χ2v) is 6.61. The molecule has 0 aromatic carbocycles. The number of carboxylic acids is 3. The highest BCUT2D eigenvalue weighted by Gasteiger charge is 2.31. The largest absolute Gasteiger partial charge is 0.481 e. The van der Waals surface area contributed by atoms with Crippen molar-refractivity contribution in [3.8, 4) is 0 Å². The maximum atomic E-state index is 12.5. The van der Waals surface area contributed by atoms with Crippen LogP contribution in [0.15, 0.2) is 0 Å². The van der Waals surface area contributed by atoms with Gasteiger partial charge in [0.05, 0.1) is 19.3 Å². The highest BCUT2D eigenvalue weighted by Crippen LogP contribution is 2.12. The minimum absolute atomic E-state index is 0.240. The number of aliphatic carboxylic acids is 3. The van der Waals surface area contributed by atoms with Crippen LogP contribution in [0.1, 0.15) is 46.5 Å². The third-order valence-corrected chi connectivity index (χ3v) is 4.14. The van der Waals surface area contributed by atoms with Crippen molar-refractivity contribution in [2.45, 2.75) is 64.6 Å². The van der Waals surface area contributed by atoms with E-state index in [1.807, 2.05) is 0 Å². The molecular formula is C17H27N3O9. The molecule has 0 fully saturated rings. The number of carbonyl (C=O) groups is 6. The molecule has 0 rings (SSSR count). The Morgan fingerprint density at radius 1 is 0.724 bits per heavy atom. The highest BCUT2D eigenvalue weighted by molar-refractivity contribution is 5.95. The number of nitrogens with one attached hydrogen (secondary N) is 3. The van der Waals surface area contributed by atoms with Crippen LogP contribution in [-0.4, -0.2) is 69.1 Å². The van der Waals surface area contributed by atoms with E-state index in [4.69, 9.17) is 15.3 Å². The van der Waals surface area contributed by atoms with Gasteiger partial charge in [0.2, 0.25) is 17.7 Å². The van der Waals surface area contributed by atoms with Crippen LogP contribution in [0.3, 0.4) is 0 Å². The van der Waals surface area contributed by atoms with Gasteiger partial charge >= 0.3 is 17.9 Å². The number of hydrogen-bond donors (Lipinski definition) is 6. The van der Waals surface area contributed by atoms with Crippen LogP contribution in [0.4, 0.5) is 0 Å². The van der Waals surface area contributed by atoms with Gasteiger partial charge in [-0.2, -0.15) is 0 Å². The molecule has 12 heteroatoms. The normalized spacial score (nSPS) is 14.6. The number of carbonyl (C=O) groups excluding carboxylic acids is 3. The van der Waals surface area contributed by atoms with E-state index < -0.39 is 73.0 Å². The van der Waals surface area contributed by atoms with Crippen LogP contribution in [0.25, 0.3) is 0 Å². The van der Waals surface area contributed by atoms with Gasteiger partial charge in [0.15, 0.2) is 0 Å². The maximum Gasteiger partial charge on any atom is 0.305 e. The third kappa shape index (κ3) is 10.7. The summed E-state index contributed by atoms with van der Waals surface area (Å²) < 4.78 is 0. The minimum Gasteiger partial charge on any atom is -0.481 e. The molecule has 164 valence electrons. The molecule has 0 aliphatic carbocycles. The van der Waals surface area contributed by atoms with Crippen LogP contribution in [0.5, 0.6) is 0 Å². The fourth-order valence-electron chi connectivity index (χ4n) is 2.44. The molecule has 0 saturated carbocycles. The number of carboxylic acid groups (broad SMARTS) is 3. The first-order valence-electron chi connectivity index (χ1n) is 8.90. The molecule has 0 aliphatic heterocycles. The molecule has 6 N–H and O–H groups in total. The fourth-order valence-corrected chi connectivity index (χ4v) is 2.44. The molecular weight excluding hydrogens is 390 g/mol. The predicted molar refractivity (Wildman–Crippen MR) is 97.7 cm³/mol. The molecule has 0 spiro atoms. The lowest BCUT2D eigenvalue weighted by atomic mass is 9.95. The summed E-state index contributed by atoms with van der Waals surface area (Å²) in [6.45, 7) is 4.55. The van der Waals surface area contributed by atoms with E-state index in [2.05, 4.69) is 16.0 Å². The predicted octanol–water partition coefficient (Wildman–Crippen LogP) is -1.07. The van der Waals surface area contributed by atoms with Crippen molar-refractivity contribution in [2.24, 2.45) is 5.92 Å². The van der Waals surface area contributed by atoms with E-state index >= 15 is 0 Å². The van der Waals surface area contributed by atoms with Crippen LogP contribution in [0.2, 0.25) is 0 Å². The lowest BCUT2D eigenvalue weighted by molar-refractivity contribution is -0.143. The van der Waals surface area contributed by atoms with Gasteiger partial charge in [-0.25, -0.2) is 0 Å². The fraction of sp³-hybridized carbons (Fsp3) is 0.647. The zero-order chi connectivity index (χ0) is 22.7. The van der Waals surface area contributed by atoms with Gasteiger partial charge in [0.1, 0.15) is 12.1 Å². The van der Waals surface area contributed by atoms with E-state index in [0.29, 0.717) is 6.42 Å². The standard InChI is InChI=1S/C17H27N3O9/c1-4-8(2)10(5-13(22)23)19-17(29)12(7-15(26)27)20-16(28)11(6-14(24)25)18-9(3)21/h8,10-12H,4-7H2,1-3H3,(H,18,21)(H,19,29)(H,20,28)(H,22,23)(H,24,25)(H,26,27)/t8?,10-,11-,12-/m0/s1. The second-order valence-electron chi connectivity index (χ2n) is 6.61. The lowest BCUT2D eigenvalue weighted by Gasteiger charge is -2.26. The smallest absolute Gasteiger partial charge is 0.305 e. The van der Waals surface area contributed by atoms with Crippen molar-refractivity contribution >= 4 is 35.6 Å². The Bertz CT molecular complexity index is 634. The lowest BCUT2D eigenvalue weighted by Crippen LogP contribution is -2.56. The summed E-state index contributed by atoms with van der Waals surface area (Å²) in [4.78, 5) is 69.0. The summed E-state index contributed by atoms with van der Waals surface area (Å²) in [6, 6.07) is -3.91. The van der Waals surface area contributed by atoms with E-state index in [1.54, 1.807) is 13.8 Å². The summed E-state index contributed by atoms with van der Waals surface area (Å²) >= 11 is 0. The van der Waals surface area contributed by atoms with Gasteiger partial charge in [0.25, 0.3) is 0 Å². The molecule has 3 amide bonds. The molecule has 12 nitrogen and oxygen atoms in total. The van der Waals surface area contributed by atoms with Crippen molar-refractivity contribution in [1.82, 2.24) is 16.0 Å². The molecule has 0 aromatic heterocycles. The SMILES string of the molecule is CCC(C)[C@H](CC(=O)O)NC(=O)[C@H](CC(=O)O)NC(=O)[C@H](CC(=O)O)NC(C)=O. The van der Waals surface area contributed by atoms with E-state index in [9.17, 15) is 28.8 Å². The summed E-state index contributed by atoms with van der Waals surface area (Å²) in [5.74, 6) is -6.89. The van der Waals surface area contributed by atoms with Gasteiger partial charge in [-0.15, -0.1) is 0 Å². The van der Waals surface area contributed by atoms with Crippen LogP contribution in [-0.2, 0) is 28.8 Å². The Morgan fingerprint density at radius 3 is 1.52 bits per heavy atom. The molecule has 0 heterocycles. The van der Waals surface area contributed by atoms with E-state index in [1.165, 1.54) is 0 Å². The highest BCUT2D eigenvalue weighted by atomic mass is 16.4. The first-order valence-corrected chi connectivity index (χ1v) is 8.90. The second kappa shape index (κ2) is 12.3. The summed E-state index contributed by atoms with van der Waals surface area (Å²) in [5.41, 5.74) is 0. The molecule has 1 unspecified atom stereocenters. The van der Waals surface area contributed by atoms with Crippen molar-refractivity contribution in [2.75, 3.05) is 0 Å². The Hall–Kier alpha value is -3.18. The topological polar surface area (TPSA) is 199 Å². The van der Waals surface area contributed by atoms with Crippen molar-refractivity contribution in [3.63, 3.8) is 0 Å². The Kier molecular flexibility index (Phi) is 11.0. The average molecular weight is 417 g/mol. The quantitative estimate of drug-likeness (QED) is 0.216. The van der Waals surface area contributed by atoms with Crippen LogP contribution in [0, 0.1) is 5.92 Å². The summed E-state index contributed by atoms with van der Waals surface area (Å²) in [7, 11) is 0. The molecule has 0 aromatic rings. The maximum absolute atomic E-state index is 12.5. The van der Waals surface area contributed by atoms with Gasteiger partial charge < -0.3 is 31.3 Å². The van der Waals surface area contributed by atoms with Crippen molar-refractivity contribution in [1.29, 1.82) is 0 Å². The number of hydrogen-bond acceptors (Lipinski definition) is 6. The molecule has 0 radical (unpaired) electrons. The first kappa shape index (κ1) is 25.8. The molecule has 0 aliphatic rings. The van der Waals surface area contributed by atoms with Gasteiger partial charge in [0, 0.05) is 13.0 Å². The van der Waals surface area contributed by atoms with E-state index in [-0.39, 0.29) is 5.92 Å². The number of rotatable bonds is 13. The molecule has 4 atom stereocenters. The van der Waals surface area contributed by atoms with Crippen molar-refractivity contribution < 1.29 is 44.1 Å². The Balaban J connectivity index is 5.43. The zero-order valence-electron chi connectivity index (χ0n) is 16.4.